The van der Waals surface area contributed by atoms with Gasteiger partial charge in [0.25, 0.3) is 0 Å². The monoisotopic (exact) mass is 370 g/mol. The zero-order valence-corrected chi connectivity index (χ0v) is 11.4. The van der Waals surface area contributed by atoms with Crippen LogP contribution in [0.25, 0.3) is 0 Å². The van der Waals surface area contributed by atoms with Gasteiger partial charge >= 0.3 is 0 Å². The van der Waals surface area contributed by atoms with E-state index in [4.69, 9.17) is 0 Å². The normalized spacial score (nSPS) is 10.1. The Morgan fingerprint density at radius 3 is 2.77 bits per heavy atom. The molecular formula is C9H8BrIOS. The summed E-state index contributed by atoms with van der Waals surface area (Å²) in [7, 11) is 0. The number of halogens is 2. The standard InChI is InChI=1S/C9H8BrIOS/c10-4-3-9(12)7-2-1-6(13)5-8(7)11/h1-2,5,13H,3-4H2. The molecule has 1 aromatic rings. The number of carbonyl (C=O) groups excluding carboxylic acids is 1. The summed E-state index contributed by atoms with van der Waals surface area (Å²) in [4.78, 5) is 12.4. The number of Topliss-reactive ketones (excluding diaryl/α,β-unsaturated/α-hetero) is 1. The number of carbonyl (C=O) groups is 1. The third-order valence-corrected chi connectivity index (χ3v) is 3.14. The van der Waals surface area contributed by atoms with E-state index in [0.717, 1.165) is 14.0 Å². The van der Waals surface area contributed by atoms with E-state index in [0.29, 0.717) is 11.8 Å². The minimum absolute atomic E-state index is 0.176. The lowest BCUT2D eigenvalue weighted by Gasteiger charge is -2.02. The maximum atomic E-state index is 11.5. The molecule has 0 aliphatic carbocycles. The zero-order chi connectivity index (χ0) is 9.84. The zero-order valence-electron chi connectivity index (χ0n) is 6.76. The summed E-state index contributed by atoms with van der Waals surface area (Å²) >= 11 is 9.60. The van der Waals surface area contributed by atoms with Crippen molar-refractivity contribution in [2.45, 2.75) is 11.3 Å². The van der Waals surface area contributed by atoms with Crippen LogP contribution >= 0.6 is 51.1 Å². The maximum Gasteiger partial charge on any atom is 0.164 e. The average Bonchev–Trinajstić information content (AvgIpc) is 2.04. The molecule has 0 N–H and O–H groups in total. The smallest absolute Gasteiger partial charge is 0.164 e. The van der Waals surface area contributed by atoms with Crippen molar-refractivity contribution in [1.82, 2.24) is 0 Å². The molecule has 0 amide bonds. The van der Waals surface area contributed by atoms with Gasteiger partial charge in [0.1, 0.15) is 0 Å². The Bertz CT molecular complexity index is 327. The highest BCUT2D eigenvalue weighted by Gasteiger charge is 2.08. The van der Waals surface area contributed by atoms with Gasteiger partial charge < -0.3 is 0 Å². The first-order chi connectivity index (χ1) is 6.15. The summed E-state index contributed by atoms with van der Waals surface area (Å²) in [5.41, 5.74) is 0.790. The molecule has 0 heterocycles. The fourth-order valence-electron chi connectivity index (χ4n) is 0.951. The van der Waals surface area contributed by atoms with Gasteiger partial charge in [-0.3, -0.25) is 4.79 Å². The summed E-state index contributed by atoms with van der Waals surface area (Å²) in [5.74, 6) is 0.176. The molecule has 1 rings (SSSR count). The van der Waals surface area contributed by atoms with Crippen molar-refractivity contribution in [3.05, 3.63) is 27.3 Å². The largest absolute Gasteiger partial charge is 0.294 e. The summed E-state index contributed by atoms with van der Waals surface area (Å²) in [6.07, 6.45) is 0.544. The lowest BCUT2D eigenvalue weighted by Crippen LogP contribution is -2.01. The van der Waals surface area contributed by atoms with Crippen LogP contribution in [0, 0.1) is 3.57 Å². The van der Waals surface area contributed by atoms with Crippen LogP contribution < -0.4 is 0 Å². The second kappa shape index (κ2) is 5.36. The van der Waals surface area contributed by atoms with Crippen LogP contribution in [0.15, 0.2) is 23.1 Å². The number of alkyl halides is 1. The molecule has 0 unspecified atom stereocenters. The molecule has 0 aliphatic heterocycles. The minimum Gasteiger partial charge on any atom is -0.294 e. The van der Waals surface area contributed by atoms with E-state index in [2.05, 4.69) is 51.1 Å². The third kappa shape index (κ3) is 3.25. The van der Waals surface area contributed by atoms with Crippen molar-refractivity contribution >= 4 is 56.9 Å². The number of ketones is 1. The molecule has 0 aromatic heterocycles. The fraction of sp³-hybridized carbons (Fsp3) is 0.222. The molecule has 0 spiro atoms. The first-order valence-electron chi connectivity index (χ1n) is 3.73. The highest BCUT2D eigenvalue weighted by atomic mass is 127. The van der Waals surface area contributed by atoms with E-state index in [1.807, 2.05) is 18.2 Å². The summed E-state index contributed by atoms with van der Waals surface area (Å²) in [6, 6.07) is 5.56. The maximum absolute atomic E-state index is 11.5. The third-order valence-electron chi connectivity index (χ3n) is 1.57. The van der Waals surface area contributed by atoms with Gasteiger partial charge in [-0.2, -0.15) is 0 Å². The average molecular weight is 371 g/mol. The Kier molecular flexibility index (Phi) is 4.75. The van der Waals surface area contributed by atoms with Crippen LogP contribution in [0.3, 0.4) is 0 Å². The van der Waals surface area contributed by atoms with Crippen LogP contribution in [-0.2, 0) is 0 Å². The molecule has 70 valence electrons. The van der Waals surface area contributed by atoms with E-state index < -0.39 is 0 Å². The van der Waals surface area contributed by atoms with Gasteiger partial charge in [-0.15, -0.1) is 12.6 Å². The topological polar surface area (TPSA) is 17.1 Å². The van der Waals surface area contributed by atoms with Crippen LogP contribution in [0.1, 0.15) is 16.8 Å². The molecule has 1 aromatic carbocycles. The molecule has 0 saturated carbocycles. The van der Waals surface area contributed by atoms with Crippen LogP contribution in [0.2, 0.25) is 0 Å². The first kappa shape index (κ1) is 11.5. The van der Waals surface area contributed by atoms with Crippen molar-refractivity contribution in [3.63, 3.8) is 0 Å². The second-order valence-corrected chi connectivity index (χ2v) is 5.00. The number of hydrogen-bond acceptors (Lipinski definition) is 2. The Morgan fingerprint density at radius 2 is 2.23 bits per heavy atom. The molecular weight excluding hydrogens is 363 g/mol. The van der Waals surface area contributed by atoms with Crippen molar-refractivity contribution < 1.29 is 4.79 Å². The fourth-order valence-corrected chi connectivity index (χ4v) is 2.58. The number of thiol groups is 1. The van der Waals surface area contributed by atoms with Gasteiger partial charge in [0, 0.05) is 25.8 Å². The van der Waals surface area contributed by atoms with E-state index in [1.54, 1.807) is 0 Å². The van der Waals surface area contributed by atoms with E-state index >= 15 is 0 Å². The van der Waals surface area contributed by atoms with Crippen molar-refractivity contribution in [1.29, 1.82) is 0 Å². The Hall–Kier alpha value is 0.450. The van der Waals surface area contributed by atoms with Gasteiger partial charge in [-0.05, 0) is 40.8 Å². The first-order valence-corrected chi connectivity index (χ1v) is 6.37. The van der Waals surface area contributed by atoms with Crippen LogP contribution in [0.4, 0.5) is 0 Å². The van der Waals surface area contributed by atoms with E-state index in [1.165, 1.54) is 0 Å². The molecule has 0 bridgehead atoms. The quantitative estimate of drug-likeness (QED) is 0.372. The van der Waals surface area contributed by atoms with Gasteiger partial charge in [0.05, 0.1) is 0 Å². The predicted molar refractivity (Wildman–Crippen MR) is 69.2 cm³/mol. The highest BCUT2D eigenvalue weighted by Crippen LogP contribution is 2.18. The summed E-state index contributed by atoms with van der Waals surface area (Å²) in [6.45, 7) is 0. The Balaban J connectivity index is 2.95. The SMILES string of the molecule is O=C(CCBr)c1ccc(S)cc1I. The van der Waals surface area contributed by atoms with Crippen molar-refractivity contribution in [2.75, 3.05) is 5.33 Å². The number of hydrogen-bond donors (Lipinski definition) is 1. The number of benzene rings is 1. The lowest BCUT2D eigenvalue weighted by molar-refractivity contribution is 0.0989. The summed E-state index contributed by atoms with van der Waals surface area (Å²) in [5, 5.41) is 0.713. The van der Waals surface area contributed by atoms with Gasteiger partial charge in [-0.25, -0.2) is 0 Å². The van der Waals surface area contributed by atoms with Crippen LogP contribution in [-0.4, -0.2) is 11.1 Å². The van der Waals surface area contributed by atoms with Crippen LogP contribution in [0.5, 0.6) is 0 Å². The molecule has 4 heteroatoms. The Morgan fingerprint density at radius 1 is 1.54 bits per heavy atom. The summed E-state index contributed by atoms with van der Waals surface area (Å²) < 4.78 is 0.969. The molecule has 0 saturated heterocycles. The minimum atomic E-state index is 0.176. The molecule has 0 radical (unpaired) electrons. The molecule has 13 heavy (non-hydrogen) atoms. The lowest BCUT2D eigenvalue weighted by atomic mass is 10.1. The van der Waals surface area contributed by atoms with Crippen molar-refractivity contribution in [3.8, 4) is 0 Å². The Labute approximate surface area is 105 Å². The van der Waals surface area contributed by atoms with Crippen molar-refractivity contribution in [2.24, 2.45) is 0 Å². The van der Waals surface area contributed by atoms with E-state index in [9.17, 15) is 4.79 Å². The number of rotatable bonds is 3. The van der Waals surface area contributed by atoms with Gasteiger partial charge in [-0.1, -0.05) is 15.9 Å². The van der Waals surface area contributed by atoms with Gasteiger partial charge in [0.2, 0.25) is 0 Å². The van der Waals surface area contributed by atoms with E-state index in [-0.39, 0.29) is 5.78 Å². The molecule has 0 atom stereocenters. The highest BCUT2D eigenvalue weighted by molar-refractivity contribution is 14.1. The molecule has 0 fully saturated rings. The second-order valence-electron chi connectivity index (χ2n) is 2.53. The molecule has 0 aliphatic rings. The predicted octanol–water partition coefficient (Wildman–Crippen LogP) is 3.55. The van der Waals surface area contributed by atoms with Gasteiger partial charge in [0.15, 0.2) is 5.78 Å². The molecule has 1 nitrogen and oxygen atoms in total.